The molecule has 2 aromatic rings. The second-order valence-electron chi connectivity index (χ2n) is 7.88. The molecule has 0 aliphatic carbocycles. The first-order chi connectivity index (χ1) is 16.3. The molecule has 0 aromatic carbocycles. The van der Waals surface area contributed by atoms with E-state index in [-0.39, 0.29) is 18.2 Å². The van der Waals surface area contributed by atoms with Crippen molar-refractivity contribution in [3.63, 3.8) is 0 Å². The van der Waals surface area contributed by atoms with Crippen molar-refractivity contribution in [3.8, 4) is 0 Å². The Labute approximate surface area is 203 Å². The van der Waals surface area contributed by atoms with Crippen LogP contribution in [0, 0.1) is 6.92 Å². The van der Waals surface area contributed by atoms with Gasteiger partial charge in [-0.1, -0.05) is 11.6 Å². The van der Waals surface area contributed by atoms with E-state index < -0.39 is 40.6 Å². The van der Waals surface area contributed by atoms with Crippen molar-refractivity contribution in [3.05, 3.63) is 28.3 Å². The molecule has 1 N–H and O–H groups in total. The van der Waals surface area contributed by atoms with E-state index in [0.29, 0.717) is 31.9 Å². The Kier molecular flexibility index (Phi) is 7.62. The number of alkyl halides is 3. The second kappa shape index (κ2) is 10.1. The topological polar surface area (TPSA) is 115 Å². The summed E-state index contributed by atoms with van der Waals surface area (Å²) in [6.45, 7) is 6.51. The van der Waals surface area contributed by atoms with Gasteiger partial charge in [0.25, 0.3) is 5.91 Å². The lowest BCUT2D eigenvalue weighted by molar-refractivity contribution is -0.141. The van der Waals surface area contributed by atoms with Gasteiger partial charge >= 0.3 is 12.3 Å². The van der Waals surface area contributed by atoms with Crippen LogP contribution in [0.15, 0.2) is 6.20 Å². The molecule has 0 radical (unpaired) electrons. The maximum absolute atomic E-state index is 13.0. The maximum atomic E-state index is 13.0. The van der Waals surface area contributed by atoms with E-state index in [9.17, 15) is 27.6 Å². The number of rotatable bonds is 5. The van der Waals surface area contributed by atoms with Crippen LogP contribution in [0.2, 0.25) is 5.02 Å². The predicted octanol–water partition coefficient (Wildman–Crippen LogP) is 2.71. The highest BCUT2D eigenvalue weighted by atomic mass is 35.5. The minimum absolute atomic E-state index is 0.201. The third-order valence-corrected chi connectivity index (χ3v) is 5.87. The number of carbonyl (C=O) groups excluding carboxylic acids is 3. The SMILES string of the molecule is CCOC(=O)N1CCN(C(=O)C(C)n2cc(NC(=O)c3c(Cl)c(C(F)(F)F)nn3C)c(C)n2)CC1. The van der Waals surface area contributed by atoms with Crippen LogP contribution >= 0.6 is 11.6 Å². The highest BCUT2D eigenvalue weighted by Crippen LogP contribution is 2.35. The lowest BCUT2D eigenvalue weighted by atomic mass is 10.2. The van der Waals surface area contributed by atoms with E-state index >= 15 is 0 Å². The summed E-state index contributed by atoms with van der Waals surface area (Å²) in [5.41, 5.74) is -1.27. The van der Waals surface area contributed by atoms with Crippen molar-refractivity contribution in [2.75, 3.05) is 38.1 Å². The normalized spacial score (nSPS) is 15.2. The van der Waals surface area contributed by atoms with Gasteiger partial charge in [0.15, 0.2) is 5.69 Å². The average molecular weight is 520 g/mol. The first-order valence-electron chi connectivity index (χ1n) is 10.7. The molecule has 1 atom stereocenters. The van der Waals surface area contributed by atoms with Crippen LogP contribution < -0.4 is 5.32 Å². The smallest absolute Gasteiger partial charge is 0.436 e. The summed E-state index contributed by atoms with van der Waals surface area (Å²) in [4.78, 5) is 40.6. The van der Waals surface area contributed by atoms with Crippen LogP contribution in [0.25, 0.3) is 0 Å². The van der Waals surface area contributed by atoms with Crippen molar-refractivity contribution in [1.29, 1.82) is 0 Å². The number of carbonyl (C=O) groups is 3. The molecule has 1 unspecified atom stereocenters. The van der Waals surface area contributed by atoms with Crippen LogP contribution in [-0.2, 0) is 22.8 Å². The fourth-order valence-electron chi connectivity index (χ4n) is 3.61. The quantitative estimate of drug-likeness (QED) is 0.649. The molecule has 35 heavy (non-hydrogen) atoms. The van der Waals surface area contributed by atoms with Crippen molar-refractivity contribution in [2.24, 2.45) is 7.05 Å². The number of halogens is 4. The van der Waals surface area contributed by atoms with Crippen LogP contribution in [-0.4, -0.2) is 80.1 Å². The molecule has 0 spiro atoms. The van der Waals surface area contributed by atoms with Crippen LogP contribution in [0.5, 0.6) is 0 Å². The monoisotopic (exact) mass is 519 g/mol. The Morgan fingerprint density at radius 3 is 2.31 bits per heavy atom. The van der Waals surface area contributed by atoms with Gasteiger partial charge in [0, 0.05) is 39.4 Å². The maximum Gasteiger partial charge on any atom is 0.436 e. The zero-order valence-electron chi connectivity index (χ0n) is 19.5. The van der Waals surface area contributed by atoms with Gasteiger partial charge in [0.05, 0.1) is 18.0 Å². The number of hydrogen-bond acceptors (Lipinski definition) is 6. The van der Waals surface area contributed by atoms with Gasteiger partial charge in [-0.25, -0.2) is 4.79 Å². The number of nitrogens with one attached hydrogen (secondary N) is 1. The van der Waals surface area contributed by atoms with Crippen LogP contribution in [0.3, 0.4) is 0 Å². The van der Waals surface area contributed by atoms with Crippen molar-refractivity contribution in [1.82, 2.24) is 29.4 Å². The van der Waals surface area contributed by atoms with Gasteiger partial charge in [0.1, 0.15) is 16.8 Å². The first kappa shape index (κ1) is 26.3. The fraction of sp³-hybridized carbons (Fsp3) is 0.550. The highest BCUT2D eigenvalue weighted by Gasteiger charge is 2.40. The third kappa shape index (κ3) is 5.52. The minimum Gasteiger partial charge on any atom is -0.450 e. The molecule has 3 heterocycles. The van der Waals surface area contributed by atoms with Gasteiger partial charge in [-0.05, 0) is 20.8 Å². The molecule has 15 heteroatoms. The average Bonchev–Trinajstić information content (AvgIpc) is 3.31. The molecule has 1 saturated heterocycles. The lowest BCUT2D eigenvalue weighted by Gasteiger charge is -2.35. The van der Waals surface area contributed by atoms with Gasteiger partial charge in [-0.3, -0.25) is 19.0 Å². The highest BCUT2D eigenvalue weighted by molar-refractivity contribution is 6.34. The number of piperazine rings is 1. The third-order valence-electron chi connectivity index (χ3n) is 5.51. The van der Waals surface area contributed by atoms with Gasteiger partial charge in [0.2, 0.25) is 5.91 Å². The van der Waals surface area contributed by atoms with Crippen LogP contribution in [0.1, 0.15) is 41.8 Å². The molecular weight excluding hydrogens is 495 g/mol. The Morgan fingerprint density at radius 2 is 1.77 bits per heavy atom. The van der Waals surface area contributed by atoms with Crippen molar-refractivity contribution < 1.29 is 32.3 Å². The summed E-state index contributed by atoms with van der Waals surface area (Å²) in [5, 5.41) is 9.23. The number of anilines is 1. The summed E-state index contributed by atoms with van der Waals surface area (Å²) in [6.07, 6.45) is -3.82. The largest absolute Gasteiger partial charge is 0.450 e. The summed E-state index contributed by atoms with van der Waals surface area (Å²) in [7, 11) is 1.18. The number of hydrogen-bond donors (Lipinski definition) is 1. The van der Waals surface area contributed by atoms with E-state index in [1.165, 1.54) is 22.8 Å². The number of aryl methyl sites for hydroxylation is 2. The van der Waals surface area contributed by atoms with Crippen molar-refractivity contribution >= 4 is 35.2 Å². The zero-order chi connectivity index (χ0) is 26.1. The zero-order valence-corrected chi connectivity index (χ0v) is 20.3. The molecule has 0 bridgehead atoms. The van der Waals surface area contributed by atoms with Gasteiger partial charge in [-0.15, -0.1) is 0 Å². The molecule has 2 aromatic heterocycles. The summed E-state index contributed by atoms with van der Waals surface area (Å²) in [6, 6.07) is -0.731. The molecule has 1 aliphatic heterocycles. The Morgan fingerprint density at radius 1 is 1.17 bits per heavy atom. The van der Waals surface area contributed by atoms with E-state index in [0.717, 1.165) is 4.68 Å². The van der Waals surface area contributed by atoms with Crippen molar-refractivity contribution in [2.45, 2.75) is 33.0 Å². The number of aromatic nitrogens is 4. The molecule has 11 nitrogen and oxygen atoms in total. The summed E-state index contributed by atoms with van der Waals surface area (Å²) >= 11 is 5.78. The fourth-order valence-corrected chi connectivity index (χ4v) is 3.96. The first-order valence-corrected chi connectivity index (χ1v) is 11.1. The molecule has 3 rings (SSSR count). The standard InChI is InChI=1S/C20H25ClF3N7O4/c1-5-35-19(34)30-8-6-29(7-9-30)18(33)12(3)31-10-13(11(2)26-31)25-17(32)15-14(21)16(20(22,23)24)27-28(15)4/h10,12H,5-9H2,1-4H3,(H,25,32). The number of amides is 3. The van der Waals surface area contributed by atoms with E-state index in [1.807, 2.05) is 0 Å². The van der Waals surface area contributed by atoms with E-state index in [4.69, 9.17) is 16.3 Å². The summed E-state index contributed by atoms with van der Waals surface area (Å²) < 4.78 is 46.2. The lowest BCUT2D eigenvalue weighted by Crippen LogP contribution is -2.52. The minimum atomic E-state index is -4.81. The molecular formula is C20H25ClF3N7O4. The van der Waals surface area contributed by atoms with Crippen LogP contribution in [0.4, 0.5) is 23.7 Å². The van der Waals surface area contributed by atoms with Gasteiger partial charge < -0.3 is 19.9 Å². The van der Waals surface area contributed by atoms with E-state index in [2.05, 4.69) is 15.5 Å². The van der Waals surface area contributed by atoms with E-state index in [1.54, 1.807) is 25.7 Å². The number of ether oxygens (including phenoxy) is 1. The molecule has 3 amide bonds. The molecule has 1 aliphatic rings. The van der Waals surface area contributed by atoms with Gasteiger partial charge in [-0.2, -0.15) is 23.4 Å². The Bertz CT molecular complexity index is 1120. The molecule has 1 fully saturated rings. The second-order valence-corrected chi connectivity index (χ2v) is 8.26. The number of nitrogens with zero attached hydrogens (tertiary/aromatic N) is 6. The Balaban J connectivity index is 1.69. The predicted molar refractivity (Wildman–Crippen MR) is 118 cm³/mol. The Hall–Kier alpha value is -3.29. The molecule has 0 saturated carbocycles. The molecule has 192 valence electrons. The summed E-state index contributed by atoms with van der Waals surface area (Å²) in [5.74, 6) is -1.14.